The molecule has 3 N–H and O–H groups in total. The number of aliphatic hydroxyl groups is 1. The fraction of sp³-hybridized carbons (Fsp3) is 0.667. The molecule has 0 aromatic rings. The molecule has 0 spiro atoms. The van der Waals surface area contributed by atoms with Crippen LogP contribution in [-0.2, 0) is 4.79 Å². The number of hydrogen-bond acceptors (Lipinski definition) is 5. The average molecular weight is 252 g/mol. The molecule has 1 fully saturated rings. The van der Waals surface area contributed by atoms with Crippen LogP contribution in [0.1, 0.15) is 12.8 Å². The summed E-state index contributed by atoms with van der Waals surface area (Å²) in [6, 6.07) is 0. The van der Waals surface area contributed by atoms with Crippen molar-refractivity contribution in [3.05, 3.63) is 12.0 Å². The molecule has 2 heterocycles. The lowest BCUT2D eigenvalue weighted by Gasteiger charge is -2.29. The number of rotatable bonds is 3. The van der Waals surface area contributed by atoms with Crippen molar-refractivity contribution in [2.24, 2.45) is 10.9 Å². The van der Waals surface area contributed by atoms with Gasteiger partial charge in [-0.1, -0.05) is 0 Å². The Balaban J connectivity index is 1.72. The molecule has 0 saturated carbocycles. The smallest absolute Gasteiger partial charge is 0.286 e. The summed E-state index contributed by atoms with van der Waals surface area (Å²) in [4.78, 5) is 18.0. The number of piperidine rings is 1. The second-order valence-electron chi connectivity index (χ2n) is 4.90. The zero-order chi connectivity index (χ0) is 13.0. The Morgan fingerprint density at radius 2 is 2.33 bits per heavy atom. The van der Waals surface area contributed by atoms with E-state index in [1.54, 1.807) is 0 Å². The largest absolute Gasteiger partial charge is 0.509 e. The van der Waals surface area contributed by atoms with Gasteiger partial charge >= 0.3 is 0 Å². The molecule has 2 aliphatic rings. The molecule has 1 saturated heterocycles. The quantitative estimate of drug-likeness (QED) is 0.652. The van der Waals surface area contributed by atoms with Crippen molar-refractivity contribution in [2.45, 2.75) is 12.8 Å². The Morgan fingerprint density at radius 3 is 2.94 bits per heavy atom. The number of carbonyl (C=O) groups excluding carboxylic acids is 1. The van der Waals surface area contributed by atoms with Gasteiger partial charge in [0.1, 0.15) is 12.3 Å². The van der Waals surface area contributed by atoms with E-state index in [2.05, 4.69) is 27.6 Å². The van der Waals surface area contributed by atoms with Crippen LogP contribution in [0.2, 0.25) is 0 Å². The number of aliphatic imine (C=N–C) groups is 1. The van der Waals surface area contributed by atoms with Crippen molar-refractivity contribution in [1.82, 2.24) is 15.5 Å². The van der Waals surface area contributed by atoms with E-state index >= 15 is 0 Å². The fourth-order valence-electron chi connectivity index (χ4n) is 2.13. The van der Waals surface area contributed by atoms with Crippen molar-refractivity contribution in [3.8, 4) is 0 Å². The summed E-state index contributed by atoms with van der Waals surface area (Å²) in [5.41, 5.74) is 0. The van der Waals surface area contributed by atoms with Gasteiger partial charge in [0.05, 0.1) is 0 Å². The molecule has 0 bridgehead atoms. The van der Waals surface area contributed by atoms with Crippen molar-refractivity contribution < 1.29 is 9.90 Å². The van der Waals surface area contributed by atoms with Crippen LogP contribution < -0.4 is 10.6 Å². The molecular weight excluding hydrogens is 232 g/mol. The molecule has 0 radical (unpaired) electrons. The first-order valence-corrected chi connectivity index (χ1v) is 6.31. The fourth-order valence-corrected chi connectivity index (χ4v) is 2.13. The third-order valence-electron chi connectivity index (χ3n) is 3.38. The van der Waals surface area contributed by atoms with Crippen LogP contribution in [0, 0.1) is 5.92 Å². The third-order valence-corrected chi connectivity index (χ3v) is 3.38. The van der Waals surface area contributed by atoms with Crippen LogP contribution in [-0.4, -0.2) is 55.0 Å². The van der Waals surface area contributed by atoms with Crippen molar-refractivity contribution in [1.29, 1.82) is 0 Å². The van der Waals surface area contributed by atoms with E-state index in [0.717, 1.165) is 25.9 Å². The summed E-state index contributed by atoms with van der Waals surface area (Å²) >= 11 is 0. The minimum Gasteiger partial charge on any atom is -0.509 e. The lowest BCUT2D eigenvalue weighted by Crippen LogP contribution is -2.43. The molecule has 0 aliphatic carbocycles. The van der Waals surface area contributed by atoms with E-state index < -0.39 is 0 Å². The Hall–Kier alpha value is -1.56. The molecule has 0 aromatic carbocycles. The molecule has 0 aromatic heterocycles. The van der Waals surface area contributed by atoms with Crippen LogP contribution in [0.4, 0.5) is 0 Å². The Labute approximate surface area is 107 Å². The summed E-state index contributed by atoms with van der Waals surface area (Å²) in [6.07, 6.45) is 3.65. The number of carbonyl (C=O) groups is 1. The first kappa shape index (κ1) is 12.9. The van der Waals surface area contributed by atoms with Gasteiger partial charge in [0, 0.05) is 12.7 Å². The van der Waals surface area contributed by atoms with Gasteiger partial charge in [-0.3, -0.25) is 9.79 Å². The molecule has 18 heavy (non-hydrogen) atoms. The zero-order valence-electron chi connectivity index (χ0n) is 10.6. The number of nitrogens with zero attached hydrogens (tertiary/aromatic N) is 2. The first-order chi connectivity index (χ1) is 8.65. The molecule has 1 amide bonds. The molecule has 6 nitrogen and oxygen atoms in total. The van der Waals surface area contributed by atoms with Crippen LogP contribution in [0.3, 0.4) is 0 Å². The number of nitrogens with one attached hydrogen (secondary N) is 2. The highest BCUT2D eigenvalue weighted by atomic mass is 16.3. The van der Waals surface area contributed by atoms with Gasteiger partial charge < -0.3 is 20.6 Å². The topological polar surface area (TPSA) is 77.0 Å². The van der Waals surface area contributed by atoms with E-state index in [1.165, 1.54) is 6.20 Å². The molecule has 100 valence electrons. The van der Waals surface area contributed by atoms with Gasteiger partial charge in [0.15, 0.2) is 5.84 Å². The van der Waals surface area contributed by atoms with Crippen molar-refractivity contribution in [2.75, 3.05) is 33.2 Å². The van der Waals surface area contributed by atoms with Gasteiger partial charge in [-0.05, 0) is 38.9 Å². The zero-order valence-corrected chi connectivity index (χ0v) is 10.6. The molecule has 2 rings (SSSR count). The molecule has 0 unspecified atom stereocenters. The normalized spacial score (nSPS) is 21.8. The maximum absolute atomic E-state index is 11.8. The first-order valence-electron chi connectivity index (χ1n) is 6.31. The van der Waals surface area contributed by atoms with Crippen LogP contribution >= 0.6 is 0 Å². The maximum Gasteiger partial charge on any atom is 0.286 e. The number of amides is 1. The number of likely N-dealkylation sites (tertiary alicyclic amines) is 1. The van der Waals surface area contributed by atoms with Crippen molar-refractivity contribution >= 4 is 11.7 Å². The maximum atomic E-state index is 11.8. The van der Waals surface area contributed by atoms with E-state index in [0.29, 0.717) is 12.5 Å². The standard InChI is InChI=1S/C12H20N4O2/c1-16-4-2-9(3-5-16)6-15-12(18)11-13-7-10(17)8-14-11/h7,9,17H,2-6,8H2,1H3,(H,13,14)(H,15,18). The molecule has 0 atom stereocenters. The van der Waals surface area contributed by atoms with Gasteiger partial charge in [0.25, 0.3) is 5.91 Å². The Bertz CT molecular complexity index is 370. The third kappa shape index (κ3) is 3.46. The number of aliphatic hydroxyl groups excluding tert-OH is 1. The second-order valence-corrected chi connectivity index (χ2v) is 4.90. The highest BCUT2D eigenvalue weighted by molar-refractivity contribution is 6.38. The Morgan fingerprint density at radius 1 is 1.61 bits per heavy atom. The van der Waals surface area contributed by atoms with Crippen LogP contribution in [0.25, 0.3) is 0 Å². The average Bonchev–Trinajstić information content (AvgIpc) is 2.38. The number of amidine groups is 1. The summed E-state index contributed by atoms with van der Waals surface area (Å²) < 4.78 is 0. The SMILES string of the molecule is CN1CCC(CNC(=O)C2=NCC(O)=CN2)CC1. The van der Waals surface area contributed by atoms with Gasteiger partial charge in [0.2, 0.25) is 0 Å². The minimum atomic E-state index is -0.197. The minimum absolute atomic E-state index is 0.141. The second kappa shape index (κ2) is 5.86. The molecule has 2 aliphatic heterocycles. The predicted molar refractivity (Wildman–Crippen MR) is 69.4 cm³/mol. The summed E-state index contributed by atoms with van der Waals surface area (Å²) in [5.74, 6) is 0.776. The van der Waals surface area contributed by atoms with Crippen LogP contribution in [0.15, 0.2) is 17.0 Å². The van der Waals surface area contributed by atoms with Gasteiger partial charge in [-0.15, -0.1) is 0 Å². The highest BCUT2D eigenvalue weighted by Crippen LogP contribution is 2.14. The highest BCUT2D eigenvalue weighted by Gasteiger charge is 2.19. The molecular formula is C12H20N4O2. The lowest BCUT2D eigenvalue weighted by molar-refractivity contribution is -0.115. The van der Waals surface area contributed by atoms with E-state index in [1.807, 2.05) is 0 Å². The van der Waals surface area contributed by atoms with E-state index in [4.69, 9.17) is 5.11 Å². The number of hydrogen-bond donors (Lipinski definition) is 3. The van der Waals surface area contributed by atoms with E-state index in [9.17, 15) is 4.79 Å². The molecule has 6 heteroatoms. The van der Waals surface area contributed by atoms with E-state index in [-0.39, 0.29) is 24.0 Å². The lowest BCUT2D eigenvalue weighted by atomic mass is 9.97. The Kier molecular flexibility index (Phi) is 4.19. The van der Waals surface area contributed by atoms with Crippen molar-refractivity contribution in [3.63, 3.8) is 0 Å². The monoisotopic (exact) mass is 252 g/mol. The summed E-state index contributed by atoms with van der Waals surface area (Å²) in [6.45, 7) is 3.06. The van der Waals surface area contributed by atoms with Gasteiger partial charge in [-0.25, -0.2) is 0 Å². The predicted octanol–water partition coefficient (Wildman–Crippen LogP) is -0.154. The summed E-state index contributed by atoms with van der Waals surface area (Å²) in [7, 11) is 2.12. The van der Waals surface area contributed by atoms with Crippen LogP contribution in [0.5, 0.6) is 0 Å². The van der Waals surface area contributed by atoms with Gasteiger partial charge in [-0.2, -0.15) is 0 Å². The summed E-state index contributed by atoms with van der Waals surface area (Å²) in [5, 5.41) is 14.7.